The van der Waals surface area contributed by atoms with Gasteiger partial charge in [0.25, 0.3) is 5.89 Å². The summed E-state index contributed by atoms with van der Waals surface area (Å²) in [6.07, 6.45) is 0. The Kier molecular flexibility index (Phi) is 4.94. The molecule has 7 heteroatoms. The van der Waals surface area contributed by atoms with E-state index in [0.717, 1.165) is 5.56 Å². The maximum Gasteiger partial charge on any atom is 0.309 e. The predicted molar refractivity (Wildman–Crippen MR) is 90.5 cm³/mol. The van der Waals surface area contributed by atoms with E-state index in [0.29, 0.717) is 17.1 Å². The molecule has 7 nitrogen and oxygen atoms in total. The minimum Gasteiger partial charge on any atom is -0.496 e. The topological polar surface area (TPSA) is 86.5 Å². The monoisotopic (exact) mass is 339 g/mol. The summed E-state index contributed by atoms with van der Waals surface area (Å²) in [6.45, 7) is 0.287. The number of aromatic nitrogens is 2. The van der Waals surface area contributed by atoms with Crippen molar-refractivity contribution >= 4 is 5.91 Å². The molecular formula is C18H17N3O4. The molecule has 1 heterocycles. The van der Waals surface area contributed by atoms with E-state index in [9.17, 15) is 4.79 Å². The van der Waals surface area contributed by atoms with Crippen molar-refractivity contribution in [1.82, 2.24) is 15.5 Å². The second-order valence-corrected chi connectivity index (χ2v) is 5.11. The number of amides is 1. The number of benzene rings is 2. The predicted octanol–water partition coefficient (Wildman–Crippen LogP) is 2.68. The Morgan fingerprint density at radius 1 is 1.00 bits per heavy atom. The molecule has 1 amide bonds. The number of para-hydroxylation sites is 2. The van der Waals surface area contributed by atoms with Gasteiger partial charge in [-0.15, -0.1) is 10.2 Å². The van der Waals surface area contributed by atoms with Crippen molar-refractivity contribution in [3.8, 4) is 23.0 Å². The van der Waals surface area contributed by atoms with Crippen molar-refractivity contribution in [3.63, 3.8) is 0 Å². The molecule has 128 valence electrons. The number of carbonyl (C=O) groups is 1. The minimum atomic E-state index is -0.459. The standard InChI is InChI=1S/C18H17N3O4/c1-23-14-9-5-3-7-12(14)11-19-16(22)18-21-20-17(25-18)13-8-4-6-10-15(13)24-2/h3-10H,11H2,1-2H3,(H,19,22). The molecule has 25 heavy (non-hydrogen) atoms. The first kappa shape index (κ1) is 16.5. The van der Waals surface area contributed by atoms with E-state index >= 15 is 0 Å². The van der Waals surface area contributed by atoms with Crippen LogP contribution in [0.3, 0.4) is 0 Å². The van der Waals surface area contributed by atoms with Gasteiger partial charge in [0.15, 0.2) is 0 Å². The van der Waals surface area contributed by atoms with Crippen LogP contribution in [0.15, 0.2) is 52.9 Å². The van der Waals surface area contributed by atoms with Crippen LogP contribution < -0.4 is 14.8 Å². The van der Waals surface area contributed by atoms with Gasteiger partial charge in [-0.1, -0.05) is 30.3 Å². The third kappa shape index (κ3) is 3.60. The Morgan fingerprint density at radius 3 is 2.44 bits per heavy atom. The highest BCUT2D eigenvalue weighted by molar-refractivity contribution is 5.89. The van der Waals surface area contributed by atoms with Crippen LogP contribution in [-0.4, -0.2) is 30.3 Å². The number of nitrogens with zero attached hydrogens (tertiary/aromatic N) is 2. The number of hydrogen-bond acceptors (Lipinski definition) is 6. The second kappa shape index (κ2) is 7.48. The van der Waals surface area contributed by atoms with Crippen LogP contribution in [0, 0.1) is 0 Å². The molecule has 2 aromatic carbocycles. The van der Waals surface area contributed by atoms with Gasteiger partial charge in [0.1, 0.15) is 11.5 Å². The second-order valence-electron chi connectivity index (χ2n) is 5.11. The van der Waals surface area contributed by atoms with Crippen LogP contribution in [-0.2, 0) is 6.54 Å². The van der Waals surface area contributed by atoms with E-state index in [-0.39, 0.29) is 18.3 Å². The minimum absolute atomic E-state index is 0.115. The molecule has 0 aliphatic carbocycles. The molecule has 0 spiro atoms. The summed E-state index contributed by atoms with van der Waals surface area (Å²) in [5.41, 5.74) is 1.48. The lowest BCUT2D eigenvalue weighted by molar-refractivity contribution is 0.0916. The van der Waals surface area contributed by atoms with E-state index in [1.807, 2.05) is 36.4 Å². The van der Waals surface area contributed by atoms with Crippen LogP contribution in [0.1, 0.15) is 16.2 Å². The van der Waals surface area contributed by atoms with Gasteiger partial charge in [-0.05, 0) is 18.2 Å². The highest BCUT2D eigenvalue weighted by atomic mass is 16.5. The molecule has 0 unspecified atom stereocenters. The molecule has 0 aliphatic rings. The van der Waals surface area contributed by atoms with Crippen LogP contribution in [0.2, 0.25) is 0 Å². The van der Waals surface area contributed by atoms with Crippen molar-refractivity contribution in [1.29, 1.82) is 0 Å². The van der Waals surface area contributed by atoms with E-state index in [2.05, 4.69) is 15.5 Å². The average molecular weight is 339 g/mol. The average Bonchev–Trinajstić information content (AvgIpc) is 3.16. The summed E-state index contributed by atoms with van der Waals surface area (Å²) >= 11 is 0. The number of rotatable bonds is 6. The Balaban J connectivity index is 1.73. The first-order chi connectivity index (χ1) is 12.2. The molecule has 0 saturated heterocycles. The van der Waals surface area contributed by atoms with Gasteiger partial charge < -0.3 is 19.2 Å². The van der Waals surface area contributed by atoms with Crippen molar-refractivity contribution in [2.75, 3.05) is 14.2 Å². The SMILES string of the molecule is COc1ccccc1CNC(=O)c1nnc(-c2ccccc2OC)o1. The molecule has 0 saturated carbocycles. The van der Waals surface area contributed by atoms with E-state index in [4.69, 9.17) is 13.9 Å². The van der Waals surface area contributed by atoms with E-state index in [1.165, 1.54) is 0 Å². The summed E-state index contributed by atoms with van der Waals surface area (Å²) in [4.78, 5) is 12.2. The van der Waals surface area contributed by atoms with E-state index < -0.39 is 5.91 Å². The molecule has 0 radical (unpaired) electrons. The summed E-state index contributed by atoms with van der Waals surface area (Å²) in [5.74, 6) is 0.936. The van der Waals surface area contributed by atoms with Crippen molar-refractivity contribution < 1.29 is 18.7 Å². The lowest BCUT2D eigenvalue weighted by Gasteiger charge is -2.08. The molecule has 3 rings (SSSR count). The van der Waals surface area contributed by atoms with Crippen LogP contribution in [0.25, 0.3) is 11.5 Å². The first-order valence-electron chi connectivity index (χ1n) is 7.60. The van der Waals surface area contributed by atoms with Gasteiger partial charge >= 0.3 is 11.8 Å². The largest absolute Gasteiger partial charge is 0.496 e. The molecule has 0 fully saturated rings. The fraction of sp³-hybridized carbons (Fsp3) is 0.167. The molecule has 1 aromatic heterocycles. The lowest BCUT2D eigenvalue weighted by atomic mass is 10.2. The smallest absolute Gasteiger partial charge is 0.309 e. The molecular weight excluding hydrogens is 322 g/mol. The Morgan fingerprint density at radius 2 is 1.68 bits per heavy atom. The zero-order valence-electron chi connectivity index (χ0n) is 13.9. The molecule has 3 aromatic rings. The fourth-order valence-electron chi connectivity index (χ4n) is 2.35. The highest BCUT2D eigenvalue weighted by Crippen LogP contribution is 2.28. The zero-order valence-corrected chi connectivity index (χ0v) is 13.9. The van der Waals surface area contributed by atoms with Gasteiger partial charge in [-0.3, -0.25) is 4.79 Å². The highest BCUT2D eigenvalue weighted by Gasteiger charge is 2.18. The summed E-state index contributed by atoms with van der Waals surface area (Å²) in [5, 5.41) is 10.5. The molecule has 0 atom stereocenters. The molecule has 1 N–H and O–H groups in total. The Labute approximate surface area is 144 Å². The van der Waals surface area contributed by atoms with Gasteiger partial charge in [-0.25, -0.2) is 0 Å². The maximum absolute atomic E-state index is 12.2. The number of methoxy groups -OCH3 is 2. The quantitative estimate of drug-likeness (QED) is 0.743. The third-order valence-electron chi connectivity index (χ3n) is 3.59. The van der Waals surface area contributed by atoms with Crippen LogP contribution in [0.5, 0.6) is 11.5 Å². The number of ether oxygens (including phenoxy) is 2. The number of carbonyl (C=O) groups excluding carboxylic acids is 1. The third-order valence-corrected chi connectivity index (χ3v) is 3.59. The maximum atomic E-state index is 12.2. The van der Waals surface area contributed by atoms with Gasteiger partial charge in [-0.2, -0.15) is 0 Å². The fourth-order valence-corrected chi connectivity index (χ4v) is 2.35. The van der Waals surface area contributed by atoms with E-state index in [1.54, 1.807) is 26.4 Å². The van der Waals surface area contributed by atoms with Crippen molar-refractivity contribution in [2.24, 2.45) is 0 Å². The lowest BCUT2D eigenvalue weighted by Crippen LogP contribution is -2.23. The number of nitrogens with one attached hydrogen (secondary N) is 1. The van der Waals surface area contributed by atoms with Crippen LogP contribution >= 0.6 is 0 Å². The van der Waals surface area contributed by atoms with Gasteiger partial charge in [0, 0.05) is 12.1 Å². The van der Waals surface area contributed by atoms with Gasteiger partial charge in [0.05, 0.1) is 19.8 Å². The number of hydrogen-bond donors (Lipinski definition) is 1. The van der Waals surface area contributed by atoms with Crippen molar-refractivity contribution in [3.05, 3.63) is 60.0 Å². The Hall–Kier alpha value is -3.35. The van der Waals surface area contributed by atoms with Gasteiger partial charge in [0.2, 0.25) is 0 Å². The summed E-state index contributed by atoms with van der Waals surface area (Å²) in [7, 11) is 3.13. The zero-order chi connectivity index (χ0) is 17.6. The Bertz CT molecular complexity index is 876. The first-order valence-corrected chi connectivity index (χ1v) is 7.60. The molecule has 0 aliphatic heterocycles. The van der Waals surface area contributed by atoms with Crippen molar-refractivity contribution in [2.45, 2.75) is 6.54 Å². The molecule has 0 bridgehead atoms. The normalized spacial score (nSPS) is 10.3. The van der Waals surface area contributed by atoms with Crippen LogP contribution in [0.4, 0.5) is 0 Å². The summed E-state index contributed by atoms with van der Waals surface area (Å²) < 4.78 is 16.0. The summed E-state index contributed by atoms with van der Waals surface area (Å²) in [6, 6.07) is 14.6.